The Kier molecular flexibility index (Phi) is 5.58. The van der Waals surface area contributed by atoms with E-state index >= 15 is 0 Å². The predicted molar refractivity (Wildman–Crippen MR) is 92.2 cm³/mol. The van der Waals surface area contributed by atoms with Crippen molar-refractivity contribution in [2.75, 3.05) is 11.9 Å². The first kappa shape index (κ1) is 16.1. The summed E-state index contributed by atoms with van der Waals surface area (Å²) in [5.41, 5.74) is 9.44. The third kappa shape index (κ3) is 4.91. The molecule has 5 heteroatoms. The summed E-state index contributed by atoms with van der Waals surface area (Å²) in [6.45, 7) is 5.06. The largest absolute Gasteiger partial charge is 0.370 e. The molecular formula is C17H25N5. The molecule has 0 saturated carbocycles. The Balaban J connectivity index is 1.81. The minimum atomic E-state index is 0.465. The molecule has 0 aliphatic rings. The van der Waals surface area contributed by atoms with Crippen molar-refractivity contribution in [1.82, 2.24) is 9.78 Å². The van der Waals surface area contributed by atoms with E-state index in [-0.39, 0.29) is 0 Å². The molecule has 0 saturated heterocycles. The van der Waals surface area contributed by atoms with Crippen LogP contribution in [0.15, 0.2) is 41.7 Å². The second-order valence-electron chi connectivity index (χ2n) is 5.80. The van der Waals surface area contributed by atoms with Crippen LogP contribution in [0.25, 0.3) is 0 Å². The fourth-order valence-corrected chi connectivity index (χ4v) is 2.25. The fourth-order valence-electron chi connectivity index (χ4n) is 2.25. The molecule has 2 rings (SSSR count). The van der Waals surface area contributed by atoms with Crippen LogP contribution in [-0.4, -0.2) is 22.3 Å². The molecule has 0 amide bonds. The predicted octanol–water partition coefficient (Wildman–Crippen LogP) is 2.90. The lowest BCUT2D eigenvalue weighted by Crippen LogP contribution is -2.23. The van der Waals surface area contributed by atoms with Crippen LogP contribution in [-0.2, 0) is 13.5 Å². The van der Waals surface area contributed by atoms with Crippen molar-refractivity contribution in [3.63, 3.8) is 0 Å². The molecule has 3 N–H and O–H groups in total. The van der Waals surface area contributed by atoms with Gasteiger partial charge in [-0.2, -0.15) is 5.10 Å². The maximum absolute atomic E-state index is 5.94. The highest BCUT2D eigenvalue weighted by molar-refractivity contribution is 5.92. The van der Waals surface area contributed by atoms with Crippen LogP contribution in [0.4, 0.5) is 5.69 Å². The molecule has 0 unspecified atom stereocenters. The minimum absolute atomic E-state index is 0.465. The van der Waals surface area contributed by atoms with E-state index in [0.717, 1.165) is 18.5 Å². The zero-order chi connectivity index (χ0) is 15.9. The lowest BCUT2D eigenvalue weighted by molar-refractivity contribution is 0.765. The van der Waals surface area contributed by atoms with Crippen molar-refractivity contribution in [2.45, 2.75) is 32.6 Å². The maximum atomic E-state index is 5.94. The molecule has 0 aliphatic carbocycles. The average Bonchev–Trinajstić information content (AvgIpc) is 2.89. The molecular weight excluding hydrogens is 274 g/mol. The molecule has 1 aromatic carbocycles. The number of rotatable bonds is 6. The molecule has 118 valence electrons. The summed E-state index contributed by atoms with van der Waals surface area (Å²) >= 11 is 0. The van der Waals surface area contributed by atoms with Gasteiger partial charge in [0.2, 0.25) is 0 Å². The van der Waals surface area contributed by atoms with Crippen LogP contribution in [0.1, 0.15) is 37.3 Å². The lowest BCUT2D eigenvalue weighted by Gasteiger charge is -2.09. The van der Waals surface area contributed by atoms with Crippen LogP contribution in [0.2, 0.25) is 0 Å². The molecule has 0 atom stereocenters. The normalized spacial score (nSPS) is 11.9. The van der Waals surface area contributed by atoms with E-state index in [1.807, 2.05) is 36.3 Å². The smallest absolute Gasteiger partial charge is 0.193 e. The monoisotopic (exact) mass is 299 g/mol. The third-order valence-electron chi connectivity index (χ3n) is 3.49. The first-order chi connectivity index (χ1) is 10.5. The summed E-state index contributed by atoms with van der Waals surface area (Å²) in [5, 5.41) is 7.30. The molecule has 1 heterocycles. The number of aromatic nitrogens is 2. The van der Waals surface area contributed by atoms with Gasteiger partial charge in [0.05, 0.1) is 6.20 Å². The topological polar surface area (TPSA) is 68.2 Å². The highest BCUT2D eigenvalue weighted by Crippen LogP contribution is 2.18. The van der Waals surface area contributed by atoms with E-state index in [1.54, 1.807) is 0 Å². The number of benzene rings is 1. The highest BCUT2D eigenvalue weighted by atomic mass is 15.2. The van der Waals surface area contributed by atoms with Gasteiger partial charge in [-0.15, -0.1) is 0 Å². The van der Waals surface area contributed by atoms with Gasteiger partial charge in [-0.05, 0) is 42.0 Å². The zero-order valence-electron chi connectivity index (χ0n) is 13.6. The van der Waals surface area contributed by atoms with E-state index in [1.165, 1.54) is 11.1 Å². The Morgan fingerprint density at radius 1 is 1.41 bits per heavy atom. The molecule has 5 nitrogen and oxygen atoms in total. The summed E-state index contributed by atoms with van der Waals surface area (Å²) < 4.78 is 1.82. The van der Waals surface area contributed by atoms with Gasteiger partial charge in [-0.3, -0.25) is 9.67 Å². The Morgan fingerprint density at radius 2 is 2.23 bits per heavy atom. The zero-order valence-corrected chi connectivity index (χ0v) is 13.6. The molecule has 1 aromatic heterocycles. The lowest BCUT2D eigenvalue weighted by atomic mass is 10.0. The second-order valence-corrected chi connectivity index (χ2v) is 5.80. The molecule has 0 aliphatic heterocycles. The van der Waals surface area contributed by atoms with Gasteiger partial charge >= 0.3 is 0 Å². The maximum Gasteiger partial charge on any atom is 0.193 e. The van der Waals surface area contributed by atoms with E-state index in [0.29, 0.717) is 18.4 Å². The van der Waals surface area contributed by atoms with Gasteiger partial charge in [0, 0.05) is 25.5 Å². The number of nitrogens with one attached hydrogen (secondary N) is 1. The molecule has 2 aromatic rings. The number of guanidine groups is 1. The van der Waals surface area contributed by atoms with Gasteiger partial charge in [0.1, 0.15) is 0 Å². The standard InChI is InChI=1S/C17H25N5/c1-13(2)15-7-4-8-16(10-15)21-17(18)19-9-5-6-14-11-20-22(3)12-14/h4,7-8,10-13H,5-6,9H2,1-3H3,(H3,18,19,21). The molecule has 0 radical (unpaired) electrons. The number of nitrogens with zero attached hydrogens (tertiary/aromatic N) is 3. The number of aliphatic imine (C=N–C) groups is 1. The van der Waals surface area contributed by atoms with Gasteiger partial charge in [-0.25, -0.2) is 0 Å². The highest BCUT2D eigenvalue weighted by Gasteiger charge is 2.01. The van der Waals surface area contributed by atoms with Crippen molar-refractivity contribution in [2.24, 2.45) is 17.8 Å². The first-order valence-corrected chi connectivity index (χ1v) is 7.69. The molecule has 0 spiro atoms. The Labute approximate surface area is 132 Å². The summed E-state index contributed by atoms with van der Waals surface area (Å²) in [6.07, 6.45) is 5.85. The number of aryl methyl sites for hydroxylation is 2. The summed E-state index contributed by atoms with van der Waals surface area (Å²) in [6, 6.07) is 8.27. The van der Waals surface area contributed by atoms with Gasteiger partial charge in [0.25, 0.3) is 0 Å². The van der Waals surface area contributed by atoms with E-state index < -0.39 is 0 Å². The summed E-state index contributed by atoms with van der Waals surface area (Å²) in [5.74, 6) is 0.964. The molecule has 0 fully saturated rings. The van der Waals surface area contributed by atoms with E-state index in [4.69, 9.17) is 5.73 Å². The van der Waals surface area contributed by atoms with Crippen molar-refractivity contribution in [3.05, 3.63) is 47.8 Å². The van der Waals surface area contributed by atoms with Gasteiger partial charge < -0.3 is 11.1 Å². The SMILES string of the molecule is CC(C)c1cccc(NC(N)=NCCCc2cnn(C)c2)c1. The first-order valence-electron chi connectivity index (χ1n) is 7.69. The number of anilines is 1. The van der Waals surface area contributed by atoms with Crippen LogP contribution in [0, 0.1) is 0 Å². The number of hydrogen-bond acceptors (Lipinski definition) is 2. The Morgan fingerprint density at radius 3 is 2.91 bits per heavy atom. The van der Waals surface area contributed by atoms with Crippen LogP contribution >= 0.6 is 0 Å². The van der Waals surface area contributed by atoms with Crippen molar-refractivity contribution in [3.8, 4) is 0 Å². The minimum Gasteiger partial charge on any atom is -0.370 e. The van der Waals surface area contributed by atoms with Crippen molar-refractivity contribution in [1.29, 1.82) is 0 Å². The second kappa shape index (κ2) is 7.64. The Hall–Kier alpha value is -2.30. The van der Waals surface area contributed by atoms with E-state index in [9.17, 15) is 0 Å². The number of nitrogens with two attached hydrogens (primary N) is 1. The Bertz CT molecular complexity index is 627. The summed E-state index contributed by atoms with van der Waals surface area (Å²) in [7, 11) is 1.93. The molecule has 0 bridgehead atoms. The van der Waals surface area contributed by atoms with Gasteiger partial charge in [-0.1, -0.05) is 26.0 Å². The average molecular weight is 299 g/mol. The number of hydrogen-bond donors (Lipinski definition) is 2. The van der Waals surface area contributed by atoms with Crippen LogP contribution < -0.4 is 11.1 Å². The van der Waals surface area contributed by atoms with Crippen molar-refractivity contribution >= 4 is 11.6 Å². The van der Waals surface area contributed by atoms with E-state index in [2.05, 4.69) is 41.4 Å². The van der Waals surface area contributed by atoms with Crippen LogP contribution in [0.5, 0.6) is 0 Å². The quantitative estimate of drug-likeness (QED) is 0.489. The van der Waals surface area contributed by atoms with Gasteiger partial charge in [0.15, 0.2) is 5.96 Å². The van der Waals surface area contributed by atoms with Crippen LogP contribution in [0.3, 0.4) is 0 Å². The van der Waals surface area contributed by atoms with Crippen molar-refractivity contribution < 1.29 is 0 Å². The fraction of sp³-hybridized carbons (Fsp3) is 0.412. The third-order valence-corrected chi connectivity index (χ3v) is 3.49. The summed E-state index contributed by atoms with van der Waals surface area (Å²) in [4.78, 5) is 4.37. The molecule has 22 heavy (non-hydrogen) atoms.